The average Bonchev–Trinajstić information content (AvgIpc) is 2.18. The predicted octanol–water partition coefficient (Wildman–Crippen LogP) is 0.982. The Labute approximate surface area is 88.0 Å². The molecule has 1 aliphatic rings. The molecule has 4 heteroatoms. The minimum Gasteiger partial charge on any atom is -0.351 e. The number of amides is 1. The zero-order chi connectivity index (χ0) is 9.68. The molecule has 0 radical (unpaired) electrons. The van der Waals surface area contributed by atoms with Gasteiger partial charge in [0.15, 0.2) is 0 Å². The molecule has 0 aliphatic carbocycles. The first-order valence-corrected chi connectivity index (χ1v) is 5.96. The van der Waals surface area contributed by atoms with Crippen molar-refractivity contribution >= 4 is 21.8 Å². The number of nitrogens with one attached hydrogen (secondary N) is 1. The number of carbonyl (C=O) groups is 1. The second-order valence-corrected chi connectivity index (χ2v) is 3.99. The van der Waals surface area contributed by atoms with Gasteiger partial charge in [0, 0.05) is 12.6 Å². The van der Waals surface area contributed by atoms with E-state index in [-0.39, 0.29) is 5.91 Å². The molecule has 1 atom stereocenters. The van der Waals surface area contributed by atoms with Gasteiger partial charge in [0.05, 0.1) is 5.33 Å². The van der Waals surface area contributed by atoms with Gasteiger partial charge in [0.1, 0.15) is 0 Å². The van der Waals surface area contributed by atoms with Crippen LogP contribution in [-0.4, -0.2) is 41.8 Å². The summed E-state index contributed by atoms with van der Waals surface area (Å²) < 4.78 is 0. The predicted molar refractivity (Wildman–Crippen MR) is 57.1 cm³/mol. The zero-order valence-corrected chi connectivity index (χ0v) is 9.64. The number of hydrogen-bond donors (Lipinski definition) is 1. The lowest BCUT2D eigenvalue weighted by atomic mass is 10.1. The summed E-state index contributed by atoms with van der Waals surface area (Å²) in [6, 6.07) is 0.360. The number of likely N-dealkylation sites (N-methyl/N-ethyl adjacent to an activating group) is 1. The largest absolute Gasteiger partial charge is 0.351 e. The molecule has 1 rings (SSSR count). The van der Waals surface area contributed by atoms with Crippen LogP contribution in [0.4, 0.5) is 0 Å². The summed E-state index contributed by atoms with van der Waals surface area (Å²) in [4.78, 5) is 13.5. The number of nitrogens with zero attached hydrogens (tertiary/aromatic N) is 1. The molecule has 0 aromatic carbocycles. The van der Waals surface area contributed by atoms with Gasteiger partial charge in [0.25, 0.3) is 0 Å². The Balaban J connectivity index is 2.29. The Hall–Kier alpha value is -0.0900. The van der Waals surface area contributed by atoms with Crippen LogP contribution in [0.5, 0.6) is 0 Å². The molecule has 0 aromatic heterocycles. The van der Waals surface area contributed by atoms with Gasteiger partial charge >= 0.3 is 0 Å². The van der Waals surface area contributed by atoms with Crippen LogP contribution in [0.25, 0.3) is 0 Å². The fourth-order valence-corrected chi connectivity index (χ4v) is 1.89. The van der Waals surface area contributed by atoms with Crippen LogP contribution in [0.1, 0.15) is 19.8 Å². The summed E-state index contributed by atoms with van der Waals surface area (Å²) in [6.45, 7) is 5.43. The Morgan fingerprint density at radius 2 is 2.46 bits per heavy atom. The lowest BCUT2D eigenvalue weighted by Crippen LogP contribution is -2.47. The zero-order valence-electron chi connectivity index (χ0n) is 8.05. The van der Waals surface area contributed by atoms with E-state index in [1.807, 2.05) is 0 Å². The molecule has 1 aliphatic heterocycles. The molecule has 3 nitrogen and oxygen atoms in total. The van der Waals surface area contributed by atoms with Crippen LogP contribution < -0.4 is 5.32 Å². The molecule has 1 saturated heterocycles. The van der Waals surface area contributed by atoms with E-state index in [0.29, 0.717) is 11.4 Å². The summed E-state index contributed by atoms with van der Waals surface area (Å²) >= 11 is 3.15. The fourth-order valence-electron chi connectivity index (χ4n) is 1.73. The second-order valence-electron chi connectivity index (χ2n) is 3.43. The van der Waals surface area contributed by atoms with Gasteiger partial charge in [0.2, 0.25) is 5.91 Å². The van der Waals surface area contributed by atoms with Crippen LogP contribution in [0, 0.1) is 0 Å². The smallest absolute Gasteiger partial charge is 0.230 e. The molecule has 76 valence electrons. The van der Waals surface area contributed by atoms with Gasteiger partial charge in [-0.05, 0) is 25.9 Å². The summed E-state index contributed by atoms with van der Waals surface area (Å²) in [5, 5.41) is 3.42. The highest BCUT2D eigenvalue weighted by Crippen LogP contribution is 2.09. The van der Waals surface area contributed by atoms with E-state index >= 15 is 0 Å². The van der Waals surface area contributed by atoms with Crippen LogP contribution in [0.15, 0.2) is 0 Å². The molecule has 0 spiro atoms. The van der Waals surface area contributed by atoms with Gasteiger partial charge in [-0.15, -0.1) is 0 Å². The van der Waals surface area contributed by atoms with Crippen molar-refractivity contribution in [2.24, 2.45) is 0 Å². The van der Waals surface area contributed by atoms with Crippen LogP contribution in [0.2, 0.25) is 0 Å². The van der Waals surface area contributed by atoms with Crippen molar-refractivity contribution in [3.8, 4) is 0 Å². The highest BCUT2D eigenvalue weighted by Gasteiger charge is 2.19. The summed E-state index contributed by atoms with van der Waals surface area (Å²) in [6.07, 6.45) is 2.32. The highest BCUT2D eigenvalue weighted by atomic mass is 79.9. The Morgan fingerprint density at radius 1 is 1.69 bits per heavy atom. The Bertz CT molecular complexity index is 175. The van der Waals surface area contributed by atoms with Gasteiger partial charge in [-0.1, -0.05) is 22.9 Å². The molecular weight excluding hydrogens is 232 g/mol. The van der Waals surface area contributed by atoms with Crippen molar-refractivity contribution in [3.63, 3.8) is 0 Å². The van der Waals surface area contributed by atoms with E-state index < -0.39 is 0 Å². The number of carbonyl (C=O) groups excluding carboxylic acids is 1. The quantitative estimate of drug-likeness (QED) is 0.756. The van der Waals surface area contributed by atoms with E-state index in [1.165, 1.54) is 13.0 Å². The standard InChI is InChI=1S/C9H17BrN2O/c1-2-12-5-3-4-8(7-12)11-9(13)6-10/h8H,2-7H2,1H3,(H,11,13). The summed E-state index contributed by atoms with van der Waals surface area (Å²) in [5.41, 5.74) is 0. The van der Waals surface area contributed by atoms with E-state index in [4.69, 9.17) is 0 Å². The third-order valence-corrected chi connectivity index (χ3v) is 2.95. The summed E-state index contributed by atoms with van der Waals surface area (Å²) in [5.74, 6) is 0.1000. The number of halogens is 1. The van der Waals surface area contributed by atoms with Crippen molar-refractivity contribution in [1.82, 2.24) is 10.2 Å². The molecule has 0 bridgehead atoms. The van der Waals surface area contributed by atoms with E-state index in [2.05, 4.69) is 33.1 Å². The molecular formula is C9H17BrN2O. The average molecular weight is 249 g/mol. The second kappa shape index (κ2) is 5.60. The topological polar surface area (TPSA) is 32.3 Å². The minimum atomic E-state index is 0.1000. The molecule has 1 heterocycles. The van der Waals surface area contributed by atoms with Crippen molar-refractivity contribution in [3.05, 3.63) is 0 Å². The molecule has 1 unspecified atom stereocenters. The molecule has 13 heavy (non-hydrogen) atoms. The van der Waals surface area contributed by atoms with Gasteiger partial charge < -0.3 is 10.2 Å². The molecule has 1 fully saturated rings. The van der Waals surface area contributed by atoms with Gasteiger partial charge in [-0.2, -0.15) is 0 Å². The van der Waals surface area contributed by atoms with Gasteiger partial charge in [-0.25, -0.2) is 0 Å². The van der Waals surface area contributed by atoms with E-state index in [0.717, 1.165) is 19.5 Å². The summed E-state index contributed by atoms with van der Waals surface area (Å²) in [7, 11) is 0. The van der Waals surface area contributed by atoms with Crippen molar-refractivity contribution < 1.29 is 4.79 Å². The maximum Gasteiger partial charge on any atom is 0.230 e. The number of alkyl halides is 1. The first-order valence-electron chi connectivity index (χ1n) is 4.84. The fraction of sp³-hybridized carbons (Fsp3) is 0.889. The lowest BCUT2D eigenvalue weighted by Gasteiger charge is -2.32. The Kier molecular flexibility index (Phi) is 4.73. The maximum absolute atomic E-state index is 11.1. The normalized spacial score (nSPS) is 24.3. The monoisotopic (exact) mass is 248 g/mol. The third-order valence-electron chi connectivity index (χ3n) is 2.44. The van der Waals surface area contributed by atoms with Crippen LogP contribution >= 0.6 is 15.9 Å². The lowest BCUT2D eigenvalue weighted by molar-refractivity contribution is -0.119. The van der Waals surface area contributed by atoms with Gasteiger partial charge in [-0.3, -0.25) is 4.79 Å². The van der Waals surface area contributed by atoms with Crippen LogP contribution in [0.3, 0.4) is 0 Å². The number of piperidine rings is 1. The molecule has 1 N–H and O–H groups in total. The first kappa shape index (κ1) is 11.0. The number of likely N-dealkylation sites (tertiary alicyclic amines) is 1. The first-order chi connectivity index (χ1) is 6.26. The van der Waals surface area contributed by atoms with Crippen molar-refractivity contribution in [2.45, 2.75) is 25.8 Å². The molecule has 0 aromatic rings. The van der Waals surface area contributed by atoms with Crippen molar-refractivity contribution in [1.29, 1.82) is 0 Å². The molecule has 1 amide bonds. The Morgan fingerprint density at radius 3 is 3.08 bits per heavy atom. The third kappa shape index (κ3) is 3.65. The number of rotatable bonds is 3. The molecule has 0 saturated carbocycles. The van der Waals surface area contributed by atoms with Crippen molar-refractivity contribution in [2.75, 3.05) is 25.0 Å². The SMILES string of the molecule is CCN1CCCC(NC(=O)CBr)C1. The van der Waals surface area contributed by atoms with Crippen LogP contribution in [-0.2, 0) is 4.79 Å². The minimum absolute atomic E-state index is 0.1000. The number of hydrogen-bond acceptors (Lipinski definition) is 2. The van der Waals surface area contributed by atoms with E-state index in [9.17, 15) is 4.79 Å². The highest BCUT2D eigenvalue weighted by molar-refractivity contribution is 9.09. The maximum atomic E-state index is 11.1. The van der Waals surface area contributed by atoms with E-state index in [1.54, 1.807) is 0 Å².